The van der Waals surface area contributed by atoms with Crippen LogP contribution < -0.4 is 26.3 Å². The van der Waals surface area contributed by atoms with Crippen LogP contribution in [0.15, 0.2) is 53.5 Å². The summed E-state index contributed by atoms with van der Waals surface area (Å²) in [4.78, 5) is 38.5. The molecule has 1 fully saturated rings. The summed E-state index contributed by atoms with van der Waals surface area (Å²) in [6.07, 6.45) is 1.69. The van der Waals surface area contributed by atoms with Gasteiger partial charge in [0, 0.05) is 47.4 Å². The van der Waals surface area contributed by atoms with Gasteiger partial charge in [-0.1, -0.05) is 17.7 Å². The standard InChI is InChI=1S/C34H29ClF4N6O5/c1-32(31(41)47)15-50-29-19(32)11-25(45-28(29)18-10-20(35)22(37)12-21(18)36)34(48,24-4-3-5-26(38)44-24)14-42-30(46)16-8-17(13-43-33(39)6-7-33)27(40)23(9-16)49-2/h3-5,8-13,48H,6-7,14-15,40H2,1-2H3,(H2,41,47)(H,42,46)/b43-13+/t32-,34+/m0/s1. The molecular weight excluding hydrogens is 684 g/mol. The van der Waals surface area contributed by atoms with Crippen molar-refractivity contribution in [3.63, 3.8) is 0 Å². The van der Waals surface area contributed by atoms with E-state index in [0.717, 1.165) is 12.1 Å². The van der Waals surface area contributed by atoms with E-state index >= 15 is 4.39 Å². The Morgan fingerprint density at radius 1 is 1.14 bits per heavy atom. The van der Waals surface area contributed by atoms with Crippen molar-refractivity contribution in [1.29, 1.82) is 0 Å². The molecular formula is C34H29ClF4N6O5. The number of carbonyl (C=O) groups is 2. The number of amides is 2. The number of hydrogen-bond donors (Lipinski definition) is 4. The summed E-state index contributed by atoms with van der Waals surface area (Å²) in [6, 6.07) is 8.91. The molecule has 260 valence electrons. The second-order valence-corrected chi connectivity index (χ2v) is 12.6. The summed E-state index contributed by atoms with van der Waals surface area (Å²) in [7, 11) is 1.32. The minimum Gasteiger partial charge on any atom is -0.495 e. The van der Waals surface area contributed by atoms with Crippen molar-refractivity contribution in [2.45, 2.75) is 36.6 Å². The summed E-state index contributed by atoms with van der Waals surface area (Å²) in [5, 5.41) is 14.5. The Morgan fingerprint density at radius 3 is 2.54 bits per heavy atom. The molecule has 11 nitrogen and oxygen atoms in total. The van der Waals surface area contributed by atoms with Gasteiger partial charge in [-0.3, -0.25) is 14.6 Å². The summed E-state index contributed by atoms with van der Waals surface area (Å²) in [5.41, 5.74) is 6.87. The minimum atomic E-state index is -2.47. The average Bonchev–Trinajstić information content (AvgIpc) is 3.72. The van der Waals surface area contributed by atoms with Crippen LogP contribution in [0, 0.1) is 17.6 Å². The van der Waals surface area contributed by atoms with Crippen molar-refractivity contribution in [3.8, 4) is 22.8 Å². The third kappa shape index (κ3) is 6.18. The lowest BCUT2D eigenvalue weighted by atomic mass is 9.81. The van der Waals surface area contributed by atoms with Crippen molar-refractivity contribution in [2.24, 2.45) is 10.7 Å². The van der Waals surface area contributed by atoms with Crippen molar-refractivity contribution in [1.82, 2.24) is 15.3 Å². The van der Waals surface area contributed by atoms with Crippen LogP contribution >= 0.6 is 11.6 Å². The molecule has 4 aromatic rings. The number of nitrogens with one attached hydrogen (secondary N) is 1. The number of ether oxygens (including phenoxy) is 2. The number of aromatic nitrogens is 2. The van der Waals surface area contributed by atoms with Crippen molar-refractivity contribution in [3.05, 3.63) is 99.2 Å². The number of halogens is 5. The van der Waals surface area contributed by atoms with Gasteiger partial charge in [-0.25, -0.2) is 23.1 Å². The number of carbonyl (C=O) groups excluding carboxylic acids is 2. The highest BCUT2D eigenvalue weighted by atomic mass is 35.5. The molecule has 16 heteroatoms. The fraction of sp³-hybridized carbons (Fsp3) is 0.265. The molecule has 0 radical (unpaired) electrons. The first-order valence-corrected chi connectivity index (χ1v) is 15.5. The largest absolute Gasteiger partial charge is 0.495 e. The van der Waals surface area contributed by atoms with E-state index in [2.05, 4.69) is 20.3 Å². The van der Waals surface area contributed by atoms with E-state index in [9.17, 15) is 27.9 Å². The Bertz CT molecular complexity index is 2100. The third-order valence-electron chi connectivity index (χ3n) is 8.70. The molecule has 3 heterocycles. The van der Waals surface area contributed by atoms with Gasteiger partial charge in [0.15, 0.2) is 11.4 Å². The van der Waals surface area contributed by atoms with Gasteiger partial charge in [0.2, 0.25) is 11.9 Å². The number of methoxy groups -OCH3 is 1. The van der Waals surface area contributed by atoms with E-state index in [1.54, 1.807) is 0 Å². The van der Waals surface area contributed by atoms with Gasteiger partial charge in [0.1, 0.15) is 40.8 Å². The van der Waals surface area contributed by atoms with E-state index in [4.69, 9.17) is 32.5 Å². The van der Waals surface area contributed by atoms with Crippen LogP contribution in [0.3, 0.4) is 0 Å². The Morgan fingerprint density at radius 2 is 1.88 bits per heavy atom. The number of aliphatic hydroxyl groups is 1. The lowest BCUT2D eigenvalue weighted by molar-refractivity contribution is -0.123. The first-order chi connectivity index (χ1) is 23.6. The smallest absolute Gasteiger partial charge is 0.251 e. The number of benzene rings is 2. The van der Waals surface area contributed by atoms with E-state index in [0.29, 0.717) is 6.07 Å². The van der Waals surface area contributed by atoms with Gasteiger partial charge in [-0.15, -0.1) is 0 Å². The van der Waals surface area contributed by atoms with Gasteiger partial charge in [0.05, 0.1) is 35.8 Å². The number of nitrogen functional groups attached to an aromatic ring is 1. The normalized spacial score (nSPS) is 18.6. The second-order valence-electron chi connectivity index (χ2n) is 12.2. The molecule has 0 unspecified atom stereocenters. The first-order valence-electron chi connectivity index (χ1n) is 15.1. The van der Waals surface area contributed by atoms with Crippen LogP contribution in [-0.2, 0) is 15.8 Å². The number of fused-ring (bicyclic) bond motifs is 1. The number of primary amides is 1. The molecule has 2 amide bonds. The molecule has 2 aliphatic rings. The van der Waals surface area contributed by atoms with Gasteiger partial charge >= 0.3 is 0 Å². The van der Waals surface area contributed by atoms with E-state index < -0.39 is 57.8 Å². The van der Waals surface area contributed by atoms with Gasteiger partial charge in [0.25, 0.3) is 5.91 Å². The summed E-state index contributed by atoms with van der Waals surface area (Å²) in [6.45, 7) is 0.430. The third-order valence-corrected chi connectivity index (χ3v) is 8.99. The van der Waals surface area contributed by atoms with Crippen LogP contribution in [0.2, 0.25) is 5.02 Å². The van der Waals surface area contributed by atoms with Crippen LogP contribution in [-0.4, -0.2) is 59.2 Å². The fourth-order valence-corrected chi connectivity index (χ4v) is 5.58. The Labute approximate surface area is 287 Å². The Hall–Kier alpha value is -5.28. The topological polar surface area (TPSA) is 175 Å². The maximum absolute atomic E-state index is 15.3. The molecule has 0 saturated heterocycles. The molecule has 6 N–H and O–H groups in total. The number of alkyl halides is 1. The van der Waals surface area contributed by atoms with Crippen LogP contribution in [0.4, 0.5) is 23.2 Å². The zero-order valence-corrected chi connectivity index (χ0v) is 27.2. The predicted octanol–water partition coefficient (Wildman–Crippen LogP) is 4.48. The predicted molar refractivity (Wildman–Crippen MR) is 174 cm³/mol. The van der Waals surface area contributed by atoms with E-state index in [-0.39, 0.29) is 76.0 Å². The number of nitrogens with two attached hydrogens (primary N) is 2. The quantitative estimate of drug-likeness (QED) is 0.0465. The van der Waals surface area contributed by atoms with Gasteiger partial charge in [-0.2, -0.15) is 4.39 Å². The molecule has 0 bridgehead atoms. The molecule has 50 heavy (non-hydrogen) atoms. The molecule has 1 aliphatic carbocycles. The SMILES string of the molecule is COc1cc(C(=O)NC[C@@](O)(c2cccc(F)n2)c2cc3c(c(-c4cc(Cl)c(F)cc4F)n2)OC[C@]3(C)C(N)=O)cc(/C=N/C2(F)CC2)c1N. The lowest BCUT2D eigenvalue weighted by Gasteiger charge is -2.29. The Balaban J connectivity index is 1.48. The zero-order chi connectivity index (χ0) is 36.2. The molecule has 2 aromatic carbocycles. The summed E-state index contributed by atoms with van der Waals surface area (Å²) < 4.78 is 69.3. The van der Waals surface area contributed by atoms with Gasteiger partial charge < -0.3 is 31.4 Å². The zero-order valence-electron chi connectivity index (χ0n) is 26.5. The number of pyridine rings is 2. The van der Waals surface area contributed by atoms with E-state index in [1.165, 1.54) is 50.6 Å². The molecule has 1 saturated carbocycles. The summed E-state index contributed by atoms with van der Waals surface area (Å²) >= 11 is 5.99. The highest BCUT2D eigenvalue weighted by Crippen LogP contribution is 2.47. The van der Waals surface area contributed by atoms with Crippen LogP contribution in [0.1, 0.15) is 52.6 Å². The van der Waals surface area contributed by atoms with Crippen molar-refractivity contribution >= 4 is 35.3 Å². The lowest BCUT2D eigenvalue weighted by Crippen LogP contribution is -2.44. The molecule has 2 atom stereocenters. The van der Waals surface area contributed by atoms with Crippen molar-refractivity contribution < 1.29 is 41.7 Å². The molecule has 1 aliphatic heterocycles. The monoisotopic (exact) mass is 712 g/mol. The number of aliphatic imine (C=N–C) groups is 1. The minimum absolute atomic E-state index is 0.0314. The summed E-state index contributed by atoms with van der Waals surface area (Å²) in [5.74, 6) is -6.51. The number of anilines is 1. The van der Waals surface area contributed by atoms with Crippen LogP contribution in [0.5, 0.6) is 11.5 Å². The number of rotatable bonds is 10. The molecule has 0 spiro atoms. The maximum atomic E-state index is 15.3. The molecule has 2 aromatic heterocycles. The number of hydrogen-bond acceptors (Lipinski definition) is 9. The maximum Gasteiger partial charge on any atom is 0.251 e. The first kappa shape index (κ1) is 34.6. The average molecular weight is 713 g/mol. The highest BCUT2D eigenvalue weighted by Gasteiger charge is 2.47. The number of nitrogens with zero attached hydrogens (tertiary/aromatic N) is 3. The Kier molecular flexibility index (Phi) is 8.68. The van der Waals surface area contributed by atoms with Crippen molar-refractivity contribution in [2.75, 3.05) is 26.0 Å². The van der Waals surface area contributed by atoms with E-state index in [1.807, 2.05) is 0 Å². The van der Waals surface area contributed by atoms with Crippen LogP contribution in [0.25, 0.3) is 11.3 Å². The van der Waals surface area contributed by atoms with Gasteiger partial charge in [-0.05, 0) is 43.3 Å². The highest BCUT2D eigenvalue weighted by molar-refractivity contribution is 6.31. The second kappa shape index (κ2) is 12.6. The molecule has 6 rings (SSSR count). The fourth-order valence-electron chi connectivity index (χ4n) is 5.42.